The van der Waals surface area contributed by atoms with Gasteiger partial charge in [-0.25, -0.2) is 0 Å². The maximum absolute atomic E-state index is 7.75. The van der Waals surface area contributed by atoms with Crippen LogP contribution in [0.1, 0.15) is 16.7 Å². The Morgan fingerprint density at radius 2 is 0.875 bits per heavy atom. The summed E-state index contributed by atoms with van der Waals surface area (Å²) in [5.74, 6) is 1.79. The molecule has 0 spiro atoms. The van der Waals surface area contributed by atoms with Crippen LogP contribution in [0.2, 0.25) is 0 Å². The van der Waals surface area contributed by atoms with Gasteiger partial charge < -0.3 is 9.30 Å². The molecule has 0 bridgehead atoms. The molecule has 14 rings (SSSR count). The van der Waals surface area contributed by atoms with Crippen LogP contribution >= 0.6 is 0 Å². The molecule has 12 aromatic rings. The zero-order chi connectivity index (χ0) is 48.0. The summed E-state index contributed by atoms with van der Waals surface area (Å²) in [6.07, 6.45) is 0. The van der Waals surface area contributed by atoms with Crippen LogP contribution in [0, 0.1) is 20.8 Å². The van der Waals surface area contributed by atoms with Gasteiger partial charge in [-0.3, -0.25) is 0 Å². The fourth-order valence-corrected chi connectivity index (χ4v) is 12.3. The summed E-state index contributed by atoms with van der Waals surface area (Å²) in [6, 6.07) is 87.3. The molecule has 0 fully saturated rings. The number of aromatic nitrogens is 1. The number of rotatable bonds is 7. The Morgan fingerprint density at radius 1 is 0.361 bits per heavy atom. The van der Waals surface area contributed by atoms with E-state index in [4.69, 9.17) is 4.74 Å². The first kappa shape index (κ1) is 42.0. The number of ether oxygens (including phenoxy) is 1. The summed E-state index contributed by atoms with van der Waals surface area (Å²) in [6.45, 7) is 6.53. The fourth-order valence-electron chi connectivity index (χ4n) is 12.3. The maximum Gasteiger partial charge on any atom is 0.256 e. The molecule has 0 saturated heterocycles. The zero-order valence-electron chi connectivity index (χ0n) is 40.4. The average Bonchev–Trinajstić information content (AvgIpc) is 3.76. The number of hydrogen-bond acceptors (Lipinski definition) is 1. The second-order valence-corrected chi connectivity index (χ2v) is 19.7. The highest BCUT2D eigenvalue weighted by Gasteiger charge is 2.43. The van der Waals surface area contributed by atoms with Gasteiger partial charge in [-0.05, 0) is 157 Å². The van der Waals surface area contributed by atoms with Crippen LogP contribution in [-0.4, -0.2) is 11.3 Å². The van der Waals surface area contributed by atoms with Crippen molar-refractivity contribution in [3.8, 4) is 95.1 Å². The van der Waals surface area contributed by atoms with Crippen molar-refractivity contribution < 1.29 is 4.74 Å². The second-order valence-electron chi connectivity index (χ2n) is 19.7. The first-order chi connectivity index (χ1) is 35.4. The normalized spacial score (nSPS) is 12.2. The van der Waals surface area contributed by atoms with Crippen molar-refractivity contribution in [2.75, 3.05) is 0 Å². The molecule has 0 atom stereocenters. The molecule has 0 unspecified atom stereocenters. The van der Waals surface area contributed by atoms with Gasteiger partial charge >= 0.3 is 0 Å². The van der Waals surface area contributed by atoms with E-state index in [1.165, 1.54) is 93.9 Å². The Hall–Kier alpha value is -8.92. The van der Waals surface area contributed by atoms with E-state index >= 15 is 0 Å². The Morgan fingerprint density at radius 3 is 1.50 bits per heavy atom. The van der Waals surface area contributed by atoms with Crippen molar-refractivity contribution in [3.63, 3.8) is 0 Å². The van der Waals surface area contributed by atoms with Gasteiger partial charge in [0.15, 0.2) is 0 Å². The predicted octanol–water partition coefficient (Wildman–Crippen LogP) is 16.3. The van der Waals surface area contributed by atoms with Crippen LogP contribution in [0.25, 0.3) is 105 Å². The molecule has 3 heteroatoms. The smallest absolute Gasteiger partial charge is 0.256 e. The van der Waals surface area contributed by atoms with Crippen LogP contribution in [0.15, 0.2) is 237 Å². The third kappa shape index (κ3) is 6.65. The Kier molecular flexibility index (Phi) is 9.69. The topological polar surface area (TPSA) is 14.2 Å². The summed E-state index contributed by atoms with van der Waals surface area (Å²) in [7, 11) is 0. The highest BCUT2D eigenvalue weighted by Crippen LogP contribution is 2.47. The van der Waals surface area contributed by atoms with Crippen LogP contribution in [0.4, 0.5) is 0 Å². The number of benzene rings is 11. The molecule has 2 nitrogen and oxygen atoms in total. The van der Waals surface area contributed by atoms with Gasteiger partial charge in [-0.2, -0.15) is 0 Å². The average molecular weight is 918 g/mol. The first-order valence-corrected chi connectivity index (χ1v) is 25.1. The van der Waals surface area contributed by atoms with Crippen molar-refractivity contribution in [3.05, 3.63) is 253 Å². The van der Waals surface area contributed by atoms with Gasteiger partial charge in [0.1, 0.15) is 11.5 Å². The second kappa shape index (κ2) is 16.6. The van der Waals surface area contributed by atoms with E-state index in [-0.39, 0.29) is 6.71 Å². The van der Waals surface area contributed by atoms with E-state index in [0.717, 1.165) is 56.0 Å². The molecule has 72 heavy (non-hydrogen) atoms. The Bertz CT molecular complexity index is 4110. The van der Waals surface area contributed by atoms with E-state index in [9.17, 15) is 0 Å². The minimum Gasteiger partial charge on any atom is -0.458 e. The summed E-state index contributed by atoms with van der Waals surface area (Å²) < 4.78 is 10.3. The number of nitrogens with zero attached hydrogens (tertiary/aromatic N) is 1. The van der Waals surface area contributed by atoms with Crippen LogP contribution in [0.5, 0.6) is 11.5 Å². The molecule has 11 aromatic carbocycles. The Balaban J connectivity index is 1.14. The lowest BCUT2D eigenvalue weighted by atomic mass is 9.34. The zero-order valence-corrected chi connectivity index (χ0v) is 40.4. The van der Waals surface area contributed by atoms with Crippen molar-refractivity contribution in [2.24, 2.45) is 0 Å². The van der Waals surface area contributed by atoms with Gasteiger partial charge in [-0.15, -0.1) is 0 Å². The lowest BCUT2D eigenvalue weighted by Crippen LogP contribution is -2.58. The largest absolute Gasteiger partial charge is 0.458 e. The minimum atomic E-state index is -0.170. The molecule has 2 aliphatic rings. The molecular formula is C69H48BNO. The monoisotopic (exact) mass is 917 g/mol. The van der Waals surface area contributed by atoms with Crippen molar-refractivity contribution >= 4 is 44.9 Å². The van der Waals surface area contributed by atoms with Gasteiger partial charge in [0.25, 0.3) is 6.71 Å². The summed E-state index contributed by atoms with van der Waals surface area (Å²) in [4.78, 5) is 0. The quantitative estimate of drug-likeness (QED) is 0.145. The van der Waals surface area contributed by atoms with Gasteiger partial charge in [-0.1, -0.05) is 206 Å². The SMILES string of the molecule is Cc1cc(C)c(-c2cc3c4c(c2)-n2c5ccc(-c6ccccc6)cc5c5cc(-c6ccccc6)cc(c52)B4c2cc(-c4ccccc4-c4ccccc4)cc(-c4ccccc4-c4ccccc4)c2O3)c(C)c1. The van der Waals surface area contributed by atoms with E-state index in [2.05, 4.69) is 262 Å². The molecule has 0 amide bonds. The lowest BCUT2D eigenvalue weighted by molar-refractivity contribution is 0.489. The molecule has 2 aliphatic heterocycles. The standard InChI is InChI=1S/C69H48BNO/c1-43-34-44(2)66(45(3)35-43)53-41-64-67-65(42-53)72-69-60(57-31-19-18-29-55(57)49-26-14-7-15-27-49)38-52(56-30-17-16-28-54(56)48-24-12-6-13-25-48)40-62(69)70(67)61-39-51(47-22-10-5-11-23-47)37-59-58-36-50(46-20-8-4-9-21-46)32-33-63(58)71(64)68(59)61/h4-42H,1-3H3. The van der Waals surface area contributed by atoms with Gasteiger partial charge in [0, 0.05) is 27.5 Å². The van der Waals surface area contributed by atoms with Crippen molar-refractivity contribution in [1.82, 2.24) is 4.57 Å². The molecule has 1 aromatic heterocycles. The minimum absolute atomic E-state index is 0.170. The van der Waals surface area contributed by atoms with E-state index in [1.54, 1.807) is 0 Å². The molecule has 0 N–H and O–H groups in total. The number of hydrogen-bond donors (Lipinski definition) is 0. The molecule has 0 aliphatic carbocycles. The molecule has 3 heterocycles. The fraction of sp³-hybridized carbons (Fsp3) is 0.0435. The van der Waals surface area contributed by atoms with Crippen LogP contribution < -0.4 is 21.1 Å². The van der Waals surface area contributed by atoms with Crippen LogP contribution in [-0.2, 0) is 0 Å². The molecule has 0 saturated carbocycles. The maximum atomic E-state index is 7.75. The van der Waals surface area contributed by atoms with Crippen molar-refractivity contribution in [1.29, 1.82) is 0 Å². The number of fused-ring (bicyclic) bond motifs is 7. The highest BCUT2D eigenvalue weighted by molar-refractivity contribution is 6.99. The summed E-state index contributed by atoms with van der Waals surface area (Å²) in [5, 5.41) is 2.47. The first-order valence-electron chi connectivity index (χ1n) is 25.1. The summed E-state index contributed by atoms with van der Waals surface area (Å²) in [5.41, 5.74) is 27.4. The molecule has 0 radical (unpaired) electrons. The van der Waals surface area contributed by atoms with Gasteiger partial charge in [0.2, 0.25) is 0 Å². The Labute approximate surface area is 421 Å². The number of aryl methyl sites for hydroxylation is 3. The summed E-state index contributed by atoms with van der Waals surface area (Å²) >= 11 is 0. The van der Waals surface area contributed by atoms with E-state index in [1.807, 2.05) is 0 Å². The third-order valence-electron chi connectivity index (χ3n) is 15.3. The highest BCUT2D eigenvalue weighted by atomic mass is 16.5. The molecule has 338 valence electrons. The van der Waals surface area contributed by atoms with Crippen molar-refractivity contribution in [2.45, 2.75) is 20.8 Å². The third-order valence-corrected chi connectivity index (χ3v) is 15.3. The van der Waals surface area contributed by atoms with E-state index in [0.29, 0.717) is 0 Å². The van der Waals surface area contributed by atoms with E-state index < -0.39 is 0 Å². The lowest BCUT2D eigenvalue weighted by Gasteiger charge is -2.35. The van der Waals surface area contributed by atoms with Gasteiger partial charge in [0.05, 0.1) is 5.52 Å². The van der Waals surface area contributed by atoms with Crippen LogP contribution in [0.3, 0.4) is 0 Å². The predicted molar refractivity (Wildman–Crippen MR) is 304 cm³/mol. The molecular weight excluding hydrogens is 870 g/mol.